The van der Waals surface area contributed by atoms with Crippen molar-refractivity contribution in [2.75, 3.05) is 22.7 Å². The number of piperidine rings is 1. The van der Waals surface area contributed by atoms with Crippen molar-refractivity contribution in [3.63, 3.8) is 0 Å². The Morgan fingerprint density at radius 3 is 2.32 bits per heavy atom. The topological polar surface area (TPSA) is 66.5 Å². The summed E-state index contributed by atoms with van der Waals surface area (Å²) in [5.74, 6) is -0.0915. The predicted octanol–water partition coefficient (Wildman–Crippen LogP) is 3.68. The third-order valence-corrected chi connectivity index (χ3v) is 5.79. The summed E-state index contributed by atoms with van der Waals surface area (Å²) in [7, 11) is -3.68. The van der Waals surface area contributed by atoms with Gasteiger partial charge in [-0.3, -0.25) is 9.52 Å². The predicted molar refractivity (Wildman–Crippen MR) is 99.8 cm³/mol. The summed E-state index contributed by atoms with van der Waals surface area (Å²) in [5.41, 5.74) is 2.07. The highest BCUT2D eigenvalue weighted by molar-refractivity contribution is 7.92. The lowest BCUT2D eigenvalue weighted by Gasteiger charge is -2.29. The van der Waals surface area contributed by atoms with E-state index in [0.717, 1.165) is 18.8 Å². The number of nitrogens with zero attached hydrogens (tertiary/aromatic N) is 1. The molecule has 2 aromatic carbocycles. The van der Waals surface area contributed by atoms with Crippen molar-refractivity contribution in [2.45, 2.75) is 31.1 Å². The third kappa shape index (κ3) is 4.20. The van der Waals surface area contributed by atoms with E-state index in [2.05, 4.69) is 9.62 Å². The molecule has 1 fully saturated rings. The van der Waals surface area contributed by atoms with Crippen LogP contribution in [0.3, 0.4) is 0 Å². The van der Waals surface area contributed by atoms with Crippen LogP contribution >= 0.6 is 0 Å². The fourth-order valence-corrected chi connectivity index (χ4v) is 4.05. The molecule has 0 saturated carbocycles. The molecule has 1 aliphatic heterocycles. The smallest absolute Gasteiger partial charge is 0.261 e. The summed E-state index contributed by atoms with van der Waals surface area (Å²) in [6.45, 7) is 3.46. The van der Waals surface area contributed by atoms with Crippen molar-refractivity contribution in [1.82, 2.24) is 0 Å². The first kappa shape index (κ1) is 17.5. The Bertz CT molecular complexity index is 854. The zero-order valence-corrected chi connectivity index (χ0v) is 15.1. The Kier molecular flexibility index (Phi) is 5.08. The van der Waals surface area contributed by atoms with Gasteiger partial charge in [0, 0.05) is 24.3 Å². The molecule has 2 aromatic rings. The van der Waals surface area contributed by atoms with Gasteiger partial charge in [-0.15, -0.1) is 0 Å². The molecule has 0 spiro atoms. The zero-order valence-electron chi connectivity index (χ0n) is 14.2. The summed E-state index contributed by atoms with van der Waals surface area (Å²) < 4.78 is 27.7. The second-order valence-corrected chi connectivity index (χ2v) is 7.97. The van der Waals surface area contributed by atoms with Crippen molar-refractivity contribution in [3.05, 3.63) is 54.1 Å². The molecule has 1 N–H and O–H groups in total. The number of Topliss-reactive ketones (excluding diaryl/α,β-unsaturated/α-hetero) is 1. The number of ketones is 1. The molecule has 3 rings (SSSR count). The highest BCUT2D eigenvalue weighted by atomic mass is 32.2. The molecule has 0 aliphatic carbocycles. The minimum Gasteiger partial charge on any atom is -0.371 e. The van der Waals surface area contributed by atoms with Crippen LogP contribution in [-0.2, 0) is 10.0 Å². The number of carbonyl (C=O) groups excluding carboxylic acids is 1. The molecule has 25 heavy (non-hydrogen) atoms. The standard InChI is InChI=1S/C19H22N2O3S/c1-15(22)16-8-10-19(11-9-16)25(23,24)20-17-6-5-7-18(14-17)21-12-3-2-4-13-21/h5-11,14,20H,2-4,12-13H2,1H3. The molecule has 1 aliphatic rings. The molecule has 6 heteroatoms. The minimum atomic E-state index is -3.68. The maximum atomic E-state index is 12.6. The first-order valence-electron chi connectivity index (χ1n) is 8.44. The van der Waals surface area contributed by atoms with Crippen LogP contribution in [0.4, 0.5) is 11.4 Å². The fourth-order valence-electron chi connectivity index (χ4n) is 3.00. The molecule has 0 aromatic heterocycles. The number of nitrogens with one attached hydrogen (secondary N) is 1. The van der Waals surface area contributed by atoms with Crippen molar-refractivity contribution >= 4 is 27.2 Å². The van der Waals surface area contributed by atoms with Gasteiger partial charge in [-0.1, -0.05) is 18.2 Å². The van der Waals surface area contributed by atoms with Gasteiger partial charge < -0.3 is 4.90 Å². The van der Waals surface area contributed by atoms with E-state index in [1.807, 2.05) is 18.2 Å². The molecule has 1 saturated heterocycles. The van der Waals surface area contributed by atoms with Gasteiger partial charge in [0.05, 0.1) is 10.6 Å². The van der Waals surface area contributed by atoms with Gasteiger partial charge in [-0.25, -0.2) is 8.42 Å². The van der Waals surface area contributed by atoms with Crippen LogP contribution in [0.1, 0.15) is 36.5 Å². The van der Waals surface area contributed by atoms with Crippen LogP contribution < -0.4 is 9.62 Å². The monoisotopic (exact) mass is 358 g/mol. The Morgan fingerprint density at radius 2 is 1.68 bits per heavy atom. The molecule has 5 nitrogen and oxygen atoms in total. The van der Waals surface area contributed by atoms with E-state index in [9.17, 15) is 13.2 Å². The van der Waals surface area contributed by atoms with Crippen LogP contribution in [0, 0.1) is 0 Å². The number of hydrogen-bond donors (Lipinski definition) is 1. The van der Waals surface area contributed by atoms with Gasteiger partial charge in [-0.05, 0) is 56.5 Å². The Balaban J connectivity index is 1.79. The van der Waals surface area contributed by atoms with Gasteiger partial charge in [0.2, 0.25) is 0 Å². The van der Waals surface area contributed by atoms with E-state index >= 15 is 0 Å². The molecule has 0 atom stereocenters. The largest absolute Gasteiger partial charge is 0.371 e. The van der Waals surface area contributed by atoms with E-state index in [1.165, 1.54) is 50.5 Å². The Labute approximate surface area is 148 Å². The van der Waals surface area contributed by atoms with Gasteiger partial charge >= 0.3 is 0 Å². The molecular weight excluding hydrogens is 336 g/mol. The second-order valence-electron chi connectivity index (χ2n) is 6.28. The first-order chi connectivity index (χ1) is 12.0. The van der Waals surface area contributed by atoms with Crippen LogP contribution in [0.2, 0.25) is 0 Å². The second kappa shape index (κ2) is 7.27. The average molecular weight is 358 g/mol. The summed E-state index contributed by atoms with van der Waals surface area (Å²) >= 11 is 0. The molecule has 0 amide bonds. The molecule has 0 unspecified atom stereocenters. The number of sulfonamides is 1. The lowest BCUT2D eigenvalue weighted by molar-refractivity contribution is 0.101. The molecule has 0 bridgehead atoms. The molecule has 0 radical (unpaired) electrons. The van der Waals surface area contributed by atoms with E-state index in [0.29, 0.717) is 11.3 Å². The summed E-state index contributed by atoms with van der Waals surface area (Å²) in [5, 5.41) is 0. The van der Waals surface area contributed by atoms with E-state index in [4.69, 9.17) is 0 Å². The Morgan fingerprint density at radius 1 is 1.00 bits per heavy atom. The van der Waals surface area contributed by atoms with Crippen LogP contribution in [0.5, 0.6) is 0 Å². The highest BCUT2D eigenvalue weighted by Crippen LogP contribution is 2.24. The van der Waals surface area contributed by atoms with Gasteiger partial charge in [0.15, 0.2) is 5.78 Å². The normalized spacial score (nSPS) is 15.0. The van der Waals surface area contributed by atoms with Crippen molar-refractivity contribution in [2.24, 2.45) is 0 Å². The van der Waals surface area contributed by atoms with Crippen LogP contribution in [-0.4, -0.2) is 27.3 Å². The van der Waals surface area contributed by atoms with Crippen molar-refractivity contribution in [1.29, 1.82) is 0 Å². The third-order valence-electron chi connectivity index (χ3n) is 4.39. The number of rotatable bonds is 5. The summed E-state index contributed by atoms with van der Waals surface area (Å²) in [6, 6.07) is 13.4. The maximum Gasteiger partial charge on any atom is 0.261 e. The van der Waals surface area contributed by atoms with Crippen LogP contribution in [0.15, 0.2) is 53.4 Å². The number of benzene rings is 2. The molecule has 132 valence electrons. The number of anilines is 2. The Hall–Kier alpha value is -2.34. The van der Waals surface area contributed by atoms with Gasteiger partial charge in [0.25, 0.3) is 10.0 Å². The first-order valence-corrected chi connectivity index (χ1v) is 9.93. The lowest BCUT2D eigenvalue weighted by Crippen LogP contribution is -2.29. The highest BCUT2D eigenvalue weighted by Gasteiger charge is 2.16. The summed E-state index contributed by atoms with van der Waals surface area (Å²) in [6.07, 6.45) is 3.58. The zero-order chi connectivity index (χ0) is 17.9. The molecular formula is C19H22N2O3S. The van der Waals surface area contributed by atoms with E-state index in [-0.39, 0.29) is 10.7 Å². The van der Waals surface area contributed by atoms with Crippen molar-refractivity contribution < 1.29 is 13.2 Å². The number of hydrogen-bond acceptors (Lipinski definition) is 4. The fraction of sp³-hybridized carbons (Fsp3) is 0.316. The van der Waals surface area contributed by atoms with E-state index < -0.39 is 10.0 Å². The van der Waals surface area contributed by atoms with Gasteiger partial charge in [0.1, 0.15) is 0 Å². The minimum absolute atomic E-state index is 0.0915. The average Bonchev–Trinajstić information content (AvgIpc) is 2.62. The number of carbonyl (C=O) groups is 1. The van der Waals surface area contributed by atoms with Crippen LogP contribution in [0.25, 0.3) is 0 Å². The molecule has 1 heterocycles. The van der Waals surface area contributed by atoms with Crippen molar-refractivity contribution in [3.8, 4) is 0 Å². The van der Waals surface area contributed by atoms with E-state index in [1.54, 1.807) is 6.07 Å². The maximum absolute atomic E-state index is 12.6. The summed E-state index contributed by atoms with van der Waals surface area (Å²) in [4.78, 5) is 13.7. The quantitative estimate of drug-likeness (QED) is 0.828. The lowest BCUT2D eigenvalue weighted by atomic mass is 10.1. The SMILES string of the molecule is CC(=O)c1ccc(S(=O)(=O)Nc2cccc(N3CCCCC3)c2)cc1. The van der Waals surface area contributed by atoms with Gasteiger partial charge in [-0.2, -0.15) is 0 Å².